The van der Waals surface area contributed by atoms with Crippen LogP contribution in [0.2, 0.25) is 0 Å². The van der Waals surface area contributed by atoms with Crippen LogP contribution in [0, 0.1) is 5.92 Å². The maximum atomic E-state index is 8.74. The number of unbranched alkanes of at least 4 members (excludes halogenated alkanes) is 5. The van der Waals surface area contributed by atoms with E-state index in [1.54, 1.807) is 0 Å². The summed E-state index contributed by atoms with van der Waals surface area (Å²) in [5.74, 6) is 0.928. The van der Waals surface area contributed by atoms with E-state index in [-0.39, 0.29) is 0 Å². The van der Waals surface area contributed by atoms with Crippen LogP contribution in [0.4, 0.5) is 0 Å². The SMILES string of the molecule is CCCC(C)CCCCCCCCO.O=S(=O)(O)O. The monoisotopic (exact) mass is 298 g/mol. The molecule has 0 saturated heterocycles. The Morgan fingerprint density at radius 1 is 0.895 bits per heavy atom. The highest BCUT2D eigenvalue weighted by molar-refractivity contribution is 7.79. The summed E-state index contributed by atoms with van der Waals surface area (Å²) < 4.78 is 31.6. The maximum Gasteiger partial charge on any atom is 0.394 e. The van der Waals surface area contributed by atoms with Crippen molar-refractivity contribution in [3.63, 3.8) is 0 Å². The largest absolute Gasteiger partial charge is 0.396 e. The summed E-state index contributed by atoms with van der Waals surface area (Å²) in [5.41, 5.74) is 0. The van der Waals surface area contributed by atoms with Gasteiger partial charge in [-0.25, -0.2) is 0 Å². The quantitative estimate of drug-likeness (QED) is 0.424. The molecule has 0 spiro atoms. The average molecular weight is 298 g/mol. The summed E-state index contributed by atoms with van der Waals surface area (Å²) in [4.78, 5) is 0. The van der Waals surface area contributed by atoms with Crippen molar-refractivity contribution in [1.82, 2.24) is 0 Å². The third-order valence-electron chi connectivity index (χ3n) is 2.89. The van der Waals surface area contributed by atoms with E-state index in [0.29, 0.717) is 6.61 Å². The van der Waals surface area contributed by atoms with Gasteiger partial charge in [-0.05, 0) is 12.3 Å². The smallest absolute Gasteiger partial charge is 0.394 e. The van der Waals surface area contributed by atoms with Gasteiger partial charge in [-0.2, -0.15) is 8.42 Å². The van der Waals surface area contributed by atoms with Gasteiger partial charge in [0.1, 0.15) is 0 Å². The minimum atomic E-state index is -4.67. The lowest BCUT2D eigenvalue weighted by Gasteiger charge is -2.08. The van der Waals surface area contributed by atoms with Gasteiger partial charge >= 0.3 is 10.4 Å². The molecule has 0 aliphatic heterocycles. The number of aliphatic hydroxyl groups excluding tert-OH is 1. The Balaban J connectivity index is 0. The molecule has 0 saturated carbocycles. The second kappa shape index (κ2) is 14.2. The fourth-order valence-corrected chi connectivity index (χ4v) is 1.95. The van der Waals surface area contributed by atoms with Gasteiger partial charge < -0.3 is 5.11 Å². The topological polar surface area (TPSA) is 94.8 Å². The molecule has 3 N–H and O–H groups in total. The van der Waals surface area contributed by atoms with E-state index in [1.165, 1.54) is 51.4 Å². The van der Waals surface area contributed by atoms with Crippen LogP contribution in [0.25, 0.3) is 0 Å². The van der Waals surface area contributed by atoms with E-state index in [9.17, 15) is 0 Å². The first-order valence-corrected chi connectivity index (χ1v) is 8.51. The molecule has 0 aromatic rings. The van der Waals surface area contributed by atoms with Crippen molar-refractivity contribution < 1.29 is 22.6 Å². The molecule has 19 heavy (non-hydrogen) atoms. The van der Waals surface area contributed by atoms with Crippen molar-refractivity contribution in [2.45, 2.75) is 71.6 Å². The molecule has 0 fully saturated rings. The Hall–Kier alpha value is -0.170. The summed E-state index contributed by atoms with van der Waals surface area (Å²) in [5, 5.41) is 8.60. The Morgan fingerprint density at radius 2 is 1.32 bits per heavy atom. The van der Waals surface area contributed by atoms with E-state index in [0.717, 1.165) is 12.3 Å². The van der Waals surface area contributed by atoms with E-state index in [2.05, 4.69) is 13.8 Å². The van der Waals surface area contributed by atoms with Crippen molar-refractivity contribution in [3.05, 3.63) is 0 Å². The second-order valence-electron chi connectivity index (χ2n) is 4.98. The van der Waals surface area contributed by atoms with E-state index >= 15 is 0 Å². The second-order valence-corrected chi connectivity index (χ2v) is 5.87. The van der Waals surface area contributed by atoms with Crippen molar-refractivity contribution in [3.8, 4) is 0 Å². The average Bonchev–Trinajstić information content (AvgIpc) is 2.26. The maximum absolute atomic E-state index is 8.74. The van der Waals surface area contributed by atoms with E-state index in [1.807, 2.05) is 0 Å². The van der Waals surface area contributed by atoms with Gasteiger partial charge in [-0.3, -0.25) is 9.11 Å². The van der Waals surface area contributed by atoms with Crippen LogP contribution in [0.3, 0.4) is 0 Å². The summed E-state index contributed by atoms with van der Waals surface area (Å²) in [7, 11) is -4.67. The molecule has 0 rings (SSSR count). The third kappa shape index (κ3) is 31.9. The Labute approximate surface area is 118 Å². The molecule has 0 aromatic heterocycles. The van der Waals surface area contributed by atoms with Crippen LogP contribution in [0.1, 0.15) is 71.6 Å². The lowest BCUT2D eigenvalue weighted by Crippen LogP contribution is -1.93. The summed E-state index contributed by atoms with van der Waals surface area (Å²) in [6.07, 6.45) is 11.8. The van der Waals surface area contributed by atoms with Gasteiger partial charge in [0.15, 0.2) is 0 Å². The van der Waals surface area contributed by atoms with Crippen molar-refractivity contribution in [2.24, 2.45) is 5.92 Å². The molecule has 6 heteroatoms. The lowest BCUT2D eigenvalue weighted by atomic mass is 9.98. The molecule has 1 unspecified atom stereocenters. The normalized spacial score (nSPS) is 12.7. The van der Waals surface area contributed by atoms with Gasteiger partial charge in [0.05, 0.1) is 0 Å². The van der Waals surface area contributed by atoms with Crippen LogP contribution in [0.15, 0.2) is 0 Å². The Bertz CT molecular complexity index is 256. The highest BCUT2D eigenvalue weighted by Crippen LogP contribution is 2.15. The van der Waals surface area contributed by atoms with Crippen LogP contribution in [-0.2, 0) is 10.4 Å². The van der Waals surface area contributed by atoms with Crippen molar-refractivity contribution >= 4 is 10.4 Å². The molecule has 0 bridgehead atoms. The molecule has 0 amide bonds. The molecular formula is C13H30O5S. The summed E-state index contributed by atoms with van der Waals surface area (Å²) >= 11 is 0. The van der Waals surface area contributed by atoms with Gasteiger partial charge in [0.25, 0.3) is 0 Å². The van der Waals surface area contributed by atoms with Gasteiger partial charge in [-0.1, -0.05) is 65.2 Å². The highest BCUT2D eigenvalue weighted by Gasteiger charge is 1.99. The first-order valence-electron chi connectivity index (χ1n) is 7.12. The number of hydrogen-bond acceptors (Lipinski definition) is 3. The van der Waals surface area contributed by atoms with Crippen LogP contribution in [-0.4, -0.2) is 29.2 Å². The number of rotatable bonds is 10. The molecule has 5 nitrogen and oxygen atoms in total. The van der Waals surface area contributed by atoms with Crippen LogP contribution >= 0.6 is 0 Å². The Morgan fingerprint density at radius 3 is 1.74 bits per heavy atom. The molecular weight excluding hydrogens is 268 g/mol. The number of aliphatic hydroxyl groups is 1. The molecule has 0 aliphatic carbocycles. The number of hydrogen-bond donors (Lipinski definition) is 3. The first-order chi connectivity index (χ1) is 8.81. The van der Waals surface area contributed by atoms with Crippen LogP contribution in [0.5, 0.6) is 0 Å². The molecule has 1 atom stereocenters. The molecule has 0 radical (unpaired) electrons. The van der Waals surface area contributed by atoms with Gasteiger partial charge in [0, 0.05) is 6.61 Å². The minimum Gasteiger partial charge on any atom is -0.396 e. The van der Waals surface area contributed by atoms with Crippen molar-refractivity contribution in [1.29, 1.82) is 0 Å². The minimum absolute atomic E-state index is 0.369. The fraction of sp³-hybridized carbons (Fsp3) is 1.00. The standard InChI is InChI=1S/C13H28O.H2O4S/c1-3-10-13(2)11-8-6-4-5-7-9-12-14;1-5(2,3)4/h13-14H,3-12H2,1-2H3;(H2,1,2,3,4). The first kappa shape index (κ1) is 21.1. The zero-order chi connectivity index (χ0) is 15.1. The van der Waals surface area contributed by atoms with E-state index in [4.69, 9.17) is 22.6 Å². The fourth-order valence-electron chi connectivity index (χ4n) is 1.95. The summed E-state index contributed by atoms with van der Waals surface area (Å²) in [6.45, 7) is 5.01. The predicted molar refractivity (Wildman–Crippen MR) is 77.7 cm³/mol. The molecule has 118 valence electrons. The lowest BCUT2D eigenvalue weighted by molar-refractivity contribution is 0.282. The zero-order valence-electron chi connectivity index (χ0n) is 12.2. The van der Waals surface area contributed by atoms with Gasteiger partial charge in [-0.15, -0.1) is 0 Å². The summed E-state index contributed by atoms with van der Waals surface area (Å²) in [6, 6.07) is 0. The van der Waals surface area contributed by atoms with E-state index < -0.39 is 10.4 Å². The van der Waals surface area contributed by atoms with Crippen LogP contribution < -0.4 is 0 Å². The zero-order valence-corrected chi connectivity index (χ0v) is 13.0. The molecule has 0 aromatic carbocycles. The highest BCUT2D eigenvalue weighted by atomic mass is 32.3. The molecule has 0 heterocycles. The predicted octanol–water partition coefficient (Wildman–Crippen LogP) is 3.49. The third-order valence-corrected chi connectivity index (χ3v) is 2.89. The van der Waals surface area contributed by atoms with Gasteiger partial charge in [0.2, 0.25) is 0 Å². The van der Waals surface area contributed by atoms with Crippen molar-refractivity contribution in [2.75, 3.05) is 6.61 Å². The Kier molecular flexibility index (Phi) is 15.8. The molecule has 0 aliphatic rings.